The number of methoxy groups -OCH3 is 1. The molecule has 0 fully saturated rings. The number of fused-ring (bicyclic) bond motifs is 1. The molecule has 22 heavy (non-hydrogen) atoms. The van der Waals surface area contributed by atoms with Gasteiger partial charge in [-0.3, -0.25) is 9.59 Å². The van der Waals surface area contributed by atoms with Gasteiger partial charge in [-0.15, -0.1) is 0 Å². The van der Waals surface area contributed by atoms with Crippen LogP contribution in [0.4, 0.5) is 0 Å². The molecule has 0 saturated heterocycles. The van der Waals surface area contributed by atoms with Crippen LogP contribution in [0, 0.1) is 0 Å². The van der Waals surface area contributed by atoms with Gasteiger partial charge in [0.15, 0.2) is 5.78 Å². The maximum absolute atomic E-state index is 12.6. The Kier molecular flexibility index (Phi) is 3.86. The maximum atomic E-state index is 12.6. The molecule has 0 saturated carbocycles. The van der Waals surface area contributed by atoms with E-state index >= 15 is 0 Å². The summed E-state index contributed by atoms with van der Waals surface area (Å²) in [7, 11) is 1.61. The van der Waals surface area contributed by atoms with Gasteiger partial charge in [0.05, 0.1) is 12.0 Å². The van der Waals surface area contributed by atoms with Crippen LogP contribution in [-0.4, -0.2) is 18.7 Å². The van der Waals surface area contributed by atoms with Crippen LogP contribution >= 0.6 is 11.8 Å². The van der Waals surface area contributed by atoms with Gasteiger partial charge in [-0.2, -0.15) is 0 Å². The minimum atomic E-state index is -0.0893. The van der Waals surface area contributed by atoms with Crippen molar-refractivity contribution < 1.29 is 14.3 Å². The van der Waals surface area contributed by atoms with Crippen LogP contribution in [0.3, 0.4) is 0 Å². The monoisotopic (exact) mass is 310 g/mol. The first-order valence-electron chi connectivity index (χ1n) is 6.83. The summed E-state index contributed by atoms with van der Waals surface area (Å²) < 4.78 is 5.12. The molecule has 2 aromatic carbocycles. The summed E-state index contributed by atoms with van der Waals surface area (Å²) in [6, 6.07) is 14.4. The molecule has 0 N–H and O–H groups in total. The number of carbonyl (C=O) groups excluding carboxylic acids is 2. The second-order valence-corrected chi connectivity index (χ2v) is 6.02. The Morgan fingerprint density at radius 2 is 1.45 bits per heavy atom. The van der Waals surface area contributed by atoms with Crippen molar-refractivity contribution in [3.63, 3.8) is 0 Å². The molecule has 0 spiro atoms. The zero-order chi connectivity index (χ0) is 15.7. The van der Waals surface area contributed by atoms with E-state index in [9.17, 15) is 9.59 Å². The van der Waals surface area contributed by atoms with Crippen LogP contribution in [0.5, 0.6) is 5.75 Å². The molecule has 3 nitrogen and oxygen atoms in total. The fourth-order valence-electron chi connectivity index (χ4n) is 2.36. The van der Waals surface area contributed by atoms with Crippen LogP contribution in [0.15, 0.2) is 63.9 Å². The SMILES string of the molecule is COc1ccc(SC2=C(C)C(=O)c3ccccc3C2=O)cc1. The van der Waals surface area contributed by atoms with Gasteiger partial charge in [-0.05, 0) is 31.2 Å². The van der Waals surface area contributed by atoms with E-state index in [1.54, 1.807) is 38.3 Å². The number of hydrogen-bond acceptors (Lipinski definition) is 4. The molecule has 1 aliphatic carbocycles. The number of rotatable bonds is 3. The Balaban J connectivity index is 1.97. The fraction of sp³-hybridized carbons (Fsp3) is 0.111. The summed E-state index contributed by atoms with van der Waals surface area (Å²) in [4.78, 5) is 26.5. The molecular weight excluding hydrogens is 296 g/mol. The zero-order valence-electron chi connectivity index (χ0n) is 12.3. The lowest BCUT2D eigenvalue weighted by atomic mass is 9.90. The normalized spacial score (nSPS) is 14.1. The van der Waals surface area contributed by atoms with Crippen molar-refractivity contribution >= 4 is 23.3 Å². The predicted octanol–water partition coefficient (Wildman–Crippen LogP) is 4.14. The topological polar surface area (TPSA) is 43.4 Å². The third-order valence-corrected chi connectivity index (χ3v) is 4.79. The Hall–Kier alpha value is -2.33. The maximum Gasteiger partial charge on any atom is 0.200 e. The summed E-state index contributed by atoms with van der Waals surface area (Å²) in [6.45, 7) is 1.71. The first kappa shape index (κ1) is 14.6. The average Bonchev–Trinajstić information content (AvgIpc) is 2.57. The molecule has 0 atom stereocenters. The smallest absolute Gasteiger partial charge is 0.200 e. The second-order valence-electron chi connectivity index (χ2n) is 4.94. The molecule has 0 radical (unpaired) electrons. The highest BCUT2D eigenvalue weighted by Crippen LogP contribution is 2.37. The summed E-state index contributed by atoms with van der Waals surface area (Å²) in [5, 5.41) is 0. The van der Waals surface area contributed by atoms with E-state index in [1.807, 2.05) is 24.3 Å². The molecule has 0 aromatic heterocycles. The molecule has 2 aromatic rings. The standard InChI is InChI=1S/C18H14O3S/c1-11-16(19)14-5-3-4-6-15(14)17(20)18(11)22-13-9-7-12(21-2)8-10-13/h3-10H,1-2H3. The number of hydrogen-bond donors (Lipinski definition) is 0. The van der Waals surface area contributed by atoms with E-state index in [0.717, 1.165) is 10.6 Å². The Bertz CT molecular complexity index is 788. The second kappa shape index (κ2) is 5.81. The van der Waals surface area contributed by atoms with Gasteiger partial charge < -0.3 is 4.74 Å². The van der Waals surface area contributed by atoms with Crippen molar-refractivity contribution in [2.24, 2.45) is 0 Å². The minimum absolute atomic E-state index is 0.0776. The highest BCUT2D eigenvalue weighted by molar-refractivity contribution is 8.04. The van der Waals surface area contributed by atoms with Crippen molar-refractivity contribution in [2.75, 3.05) is 7.11 Å². The molecule has 4 heteroatoms. The number of ether oxygens (including phenoxy) is 1. The van der Waals surface area contributed by atoms with E-state index in [2.05, 4.69) is 0 Å². The number of carbonyl (C=O) groups is 2. The third kappa shape index (κ3) is 2.46. The van der Waals surface area contributed by atoms with Gasteiger partial charge in [0.25, 0.3) is 0 Å². The number of benzene rings is 2. The quantitative estimate of drug-likeness (QED) is 0.854. The van der Waals surface area contributed by atoms with E-state index in [0.29, 0.717) is 21.6 Å². The van der Waals surface area contributed by atoms with Crippen molar-refractivity contribution in [1.82, 2.24) is 0 Å². The molecule has 3 rings (SSSR count). The fourth-order valence-corrected chi connectivity index (χ4v) is 3.32. The van der Waals surface area contributed by atoms with Gasteiger partial charge in [-0.25, -0.2) is 0 Å². The predicted molar refractivity (Wildman–Crippen MR) is 86.7 cm³/mol. The molecule has 0 amide bonds. The van der Waals surface area contributed by atoms with Crippen molar-refractivity contribution in [2.45, 2.75) is 11.8 Å². The lowest BCUT2D eigenvalue weighted by Gasteiger charge is -2.18. The van der Waals surface area contributed by atoms with Crippen LogP contribution in [0.25, 0.3) is 0 Å². The zero-order valence-corrected chi connectivity index (χ0v) is 13.1. The third-order valence-electron chi connectivity index (χ3n) is 3.58. The van der Waals surface area contributed by atoms with Crippen LogP contribution in [0.2, 0.25) is 0 Å². The van der Waals surface area contributed by atoms with Gasteiger partial charge in [-0.1, -0.05) is 36.0 Å². The minimum Gasteiger partial charge on any atom is -0.497 e. The highest BCUT2D eigenvalue weighted by Gasteiger charge is 2.30. The van der Waals surface area contributed by atoms with Gasteiger partial charge in [0.2, 0.25) is 5.78 Å². The molecule has 0 aliphatic heterocycles. The van der Waals surface area contributed by atoms with Crippen molar-refractivity contribution in [1.29, 1.82) is 0 Å². The largest absolute Gasteiger partial charge is 0.497 e. The molecule has 0 bridgehead atoms. The summed E-state index contributed by atoms with van der Waals surface area (Å²) in [6.07, 6.45) is 0. The summed E-state index contributed by atoms with van der Waals surface area (Å²) in [5.74, 6) is 0.589. The Morgan fingerprint density at radius 3 is 2.05 bits per heavy atom. The molecule has 1 aliphatic rings. The molecule has 0 unspecified atom stereocenters. The Morgan fingerprint density at radius 1 is 0.864 bits per heavy atom. The number of ketones is 2. The lowest BCUT2D eigenvalue weighted by Crippen LogP contribution is -2.19. The number of allylic oxidation sites excluding steroid dienone is 2. The van der Waals surface area contributed by atoms with Crippen LogP contribution < -0.4 is 4.74 Å². The van der Waals surface area contributed by atoms with Crippen molar-refractivity contribution in [3.05, 3.63) is 70.1 Å². The van der Waals surface area contributed by atoms with E-state index in [-0.39, 0.29) is 11.6 Å². The van der Waals surface area contributed by atoms with Crippen LogP contribution in [0.1, 0.15) is 27.6 Å². The first-order chi connectivity index (χ1) is 10.6. The van der Waals surface area contributed by atoms with Gasteiger partial charge in [0, 0.05) is 21.6 Å². The Labute approximate surface area is 133 Å². The average molecular weight is 310 g/mol. The molecule has 110 valence electrons. The van der Waals surface area contributed by atoms with Crippen LogP contribution in [-0.2, 0) is 0 Å². The van der Waals surface area contributed by atoms with E-state index in [4.69, 9.17) is 4.74 Å². The van der Waals surface area contributed by atoms with Gasteiger partial charge >= 0.3 is 0 Å². The summed E-state index contributed by atoms with van der Waals surface area (Å²) in [5.41, 5.74) is 1.47. The summed E-state index contributed by atoms with van der Waals surface area (Å²) >= 11 is 1.32. The number of Topliss-reactive ketones (excluding diaryl/α,β-unsaturated/α-hetero) is 2. The highest BCUT2D eigenvalue weighted by atomic mass is 32.2. The molecular formula is C18H14O3S. The van der Waals surface area contributed by atoms with Gasteiger partial charge in [0.1, 0.15) is 5.75 Å². The lowest BCUT2D eigenvalue weighted by molar-refractivity contribution is 0.0981. The van der Waals surface area contributed by atoms with E-state index in [1.165, 1.54) is 11.8 Å². The molecule has 0 heterocycles. The number of thioether (sulfide) groups is 1. The first-order valence-corrected chi connectivity index (χ1v) is 7.64. The van der Waals surface area contributed by atoms with E-state index < -0.39 is 0 Å². The van der Waals surface area contributed by atoms with Crippen molar-refractivity contribution in [3.8, 4) is 5.75 Å².